The average Bonchev–Trinajstić information content (AvgIpc) is 2.76. The molecular formula is C21H30BNO2S. The second-order valence-corrected chi connectivity index (χ2v) is 8.51. The number of hydrogen-bond acceptors (Lipinski definition) is 4. The van der Waals surface area contributed by atoms with Crippen molar-refractivity contribution in [1.29, 1.82) is 0 Å². The Labute approximate surface area is 162 Å². The van der Waals surface area contributed by atoms with E-state index in [9.17, 15) is 0 Å². The van der Waals surface area contributed by atoms with Gasteiger partial charge >= 0.3 is 7.12 Å². The summed E-state index contributed by atoms with van der Waals surface area (Å²) in [7, 11) is -0.319. The summed E-state index contributed by atoms with van der Waals surface area (Å²) in [6.07, 6.45) is 4.08. The number of anilines is 1. The Morgan fingerprint density at radius 2 is 1.31 bits per heavy atom. The highest BCUT2D eigenvalue weighted by Crippen LogP contribution is 2.36. The minimum atomic E-state index is -0.320. The molecule has 2 N–H and O–H groups in total. The molecule has 2 aromatic rings. The Bertz CT molecular complexity index is 728. The van der Waals surface area contributed by atoms with E-state index in [2.05, 4.69) is 52.8 Å². The second-order valence-electron chi connectivity index (χ2n) is 7.69. The van der Waals surface area contributed by atoms with E-state index in [0.29, 0.717) is 0 Å². The summed E-state index contributed by atoms with van der Waals surface area (Å²) in [4.78, 5) is 0. The summed E-state index contributed by atoms with van der Waals surface area (Å²) >= 11 is 1.75. The maximum Gasteiger partial charge on any atom is 0.495 e. The zero-order chi connectivity index (χ0) is 19.5. The Morgan fingerprint density at radius 3 is 1.77 bits per heavy atom. The molecule has 0 amide bonds. The lowest BCUT2D eigenvalue weighted by molar-refractivity contribution is 0.00578. The minimum Gasteiger partial charge on any atom is -0.399 e. The number of nitrogens with two attached hydrogens (primary N) is 1. The van der Waals surface area contributed by atoms with Crippen molar-refractivity contribution in [3.05, 3.63) is 48.0 Å². The van der Waals surface area contributed by atoms with E-state index in [1.54, 1.807) is 11.8 Å². The van der Waals surface area contributed by atoms with Crippen LogP contribution in [0, 0.1) is 6.92 Å². The minimum absolute atomic E-state index is 0.319. The van der Waals surface area contributed by atoms with Crippen molar-refractivity contribution >= 4 is 30.0 Å². The number of rotatable bonds is 2. The maximum atomic E-state index is 6.15. The fraction of sp³-hybridized carbons (Fsp3) is 0.429. The van der Waals surface area contributed by atoms with E-state index in [4.69, 9.17) is 15.0 Å². The predicted molar refractivity (Wildman–Crippen MR) is 116 cm³/mol. The van der Waals surface area contributed by atoms with Crippen LogP contribution in [0.5, 0.6) is 0 Å². The van der Waals surface area contributed by atoms with Crippen LogP contribution in [0.1, 0.15) is 33.3 Å². The smallest absolute Gasteiger partial charge is 0.399 e. The number of nitrogen functional groups attached to an aromatic ring is 1. The highest BCUT2D eigenvalue weighted by atomic mass is 32.2. The fourth-order valence-electron chi connectivity index (χ4n) is 2.77. The molecule has 1 aliphatic heterocycles. The van der Waals surface area contributed by atoms with Gasteiger partial charge in [0.05, 0.1) is 11.2 Å². The monoisotopic (exact) mass is 371 g/mol. The van der Waals surface area contributed by atoms with Crippen molar-refractivity contribution in [2.75, 3.05) is 18.2 Å². The molecule has 0 unspecified atom stereocenters. The van der Waals surface area contributed by atoms with Gasteiger partial charge in [0.2, 0.25) is 0 Å². The van der Waals surface area contributed by atoms with Crippen LogP contribution >= 0.6 is 11.8 Å². The van der Waals surface area contributed by atoms with Crippen LogP contribution in [0.2, 0.25) is 0 Å². The lowest BCUT2D eigenvalue weighted by atomic mass is 9.75. The first-order chi connectivity index (χ1) is 12.1. The molecule has 0 bridgehead atoms. The normalized spacial score (nSPS) is 17.6. The van der Waals surface area contributed by atoms with Crippen LogP contribution in [0.4, 0.5) is 5.69 Å². The van der Waals surface area contributed by atoms with Gasteiger partial charge in [0.1, 0.15) is 0 Å². The lowest BCUT2D eigenvalue weighted by Gasteiger charge is -2.32. The van der Waals surface area contributed by atoms with Gasteiger partial charge in [0.15, 0.2) is 0 Å². The van der Waals surface area contributed by atoms with Gasteiger partial charge in [0.25, 0.3) is 0 Å². The molecular weight excluding hydrogens is 341 g/mol. The summed E-state index contributed by atoms with van der Waals surface area (Å²) in [6, 6.07) is 14.3. The molecule has 1 aliphatic rings. The van der Waals surface area contributed by atoms with Gasteiger partial charge in [-0.05, 0) is 75.9 Å². The lowest BCUT2D eigenvalue weighted by Crippen LogP contribution is -2.41. The molecule has 0 aliphatic carbocycles. The Morgan fingerprint density at radius 1 is 0.846 bits per heavy atom. The Hall–Kier alpha value is -1.43. The Balaban J connectivity index is 0.000000758. The molecule has 140 valence electrons. The maximum absolute atomic E-state index is 6.15. The van der Waals surface area contributed by atoms with Gasteiger partial charge in [-0.2, -0.15) is 11.8 Å². The van der Waals surface area contributed by atoms with Crippen LogP contribution in [-0.4, -0.2) is 30.8 Å². The zero-order valence-electron chi connectivity index (χ0n) is 16.9. The molecule has 5 heteroatoms. The predicted octanol–water partition coefficient (Wildman–Crippen LogP) is 4.52. The molecule has 3 rings (SSSR count). The first-order valence-corrected chi connectivity index (χ1v) is 10.5. The quantitative estimate of drug-likeness (QED) is 0.623. The van der Waals surface area contributed by atoms with Crippen LogP contribution in [0.15, 0.2) is 42.5 Å². The van der Waals surface area contributed by atoms with Crippen molar-refractivity contribution in [2.24, 2.45) is 0 Å². The van der Waals surface area contributed by atoms with Crippen molar-refractivity contribution in [3.8, 4) is 11.1 Å². The van der Waals surface area contributed by atoms with Crippen LogP contribution in [0.25, 0.3) is 11.1 Å². The summed E-state index contributed by atoms with van der Waals surface area (Å²) in [5.74, 6) is 0. The third-order valence-electron chi connectivity index (χ3n) is 5.02. The summed E-state index contributed by atoms with van der Waals surface area (Å²) in [5, 5.41) is 0. The van der Waals surface area contributed by atoms with Crippen LogP contribution < -0.4 is 11.2 Å². The van der Waals surface area contributed by atoms with Gasteiger partial charge < -0.3 is 15.0 Å². The standard InChI is InChI=1S/C19H24BNO2.C2H6S/c1-13-12-15(14-6-9-16(21)10-7-14)8-11-17(13)20-22-18(2,3)19(4,5)23-20;1-3-2/h6-12H,21H2,1-5H3;1-2H3. The van der Waals surface area contributed by atoms with E-state index in [-0.39, 0.29) is 18.3 Å². The number of thioether (sulfide) groups is 1. The third-order valence-corrected chi connectivity index (χ3v) is 5.02. The van der Waals surface area contributed by atoms with Gasteiger partial charge in [0, 0.05) is 5.69 Å². The summed E-state index contributed by atoms with van der Waals surface area (Å²) in [5.41, 5.74) is 10.5. The zero-order valence-corrected chi connectivity index (χ0v) is 17.7. The van der Waals surface area contributed by atoms with E-state index < -0.39 is 0 Å². The number of benzene rings is 2. The molecule has 0 aromatic heterocycles. The van der Waals surface area contributed by atoms with Crippen molar-refractivity contribution in [2.45, 2.75) is 45.8 Å². The second kappa shape index (κ2) is 8.07. The van der Waals surface area contributed by atoms with Gasteiger partial charge in [-0.1, -0.05) is 35.9 Å². The first kappa shape index (κ1) is 20.9. The van der Waals surface area contributed by atoms with E-state index >= 15 is 0 Å². The molecule has 1 saturated heterocycles. The Kier molecular flexibility index (Phi) is 6.48. The highest BCUT2D eigenvalue weighted by molar-refractivity contribution is 7.97. The van der Waals surface area contributed by atoms with Crippen LogP contribution in [0.3, 0.4) is 0 Å². The molecule has 0 radical (unpaired) electrons. The summed E-state index contributed by atoms with van der Waals surface area (Å²) < 4.78 is 12.3. The molecule has 0 spiro atoms. The van der Waals surface area contributed by atoms with Crippen molar-refractivity contribution in [3.63, 3.8) is 0 Å². The van der Waals surface area contributed by atoms with E-state index in [1.807, 2.05) is 36.8 Å². The van der Waals surface area contributed by atoms with Crippen LogP contribution in [-0.2, 0) is 9.31 Å². The molecule has 26 heavy (non-hydrogen) atoms. The van der Waals surface area contributed by atoms with Crippen molar-refractivity contribution < 1.29 is 9.31 Å². The van der Waals surface area contributed by atoms with E-state index in [1.165, 1.54) is 5.56 Å². The average molecular weight is 371 g/mol. The van der Waals surface area contributed by atoms with E-state index in [0.717, 1.165) is 22.3 Å². The van der Waals surface area contributed by atoms with Crippen molar-refractivity contribution in [1.82, 2.24) is 0 Å². The fourth-order valence-corrected chi connectivity index (χ4v) is 2.77. The molecule has 0 atom stereocenters. The largest absolute Gasteiger partial charge is 0.495 e. The highest BCUT2D eigenvalue weighted by Gasteiger charge is 2.51. The number of aryl methyl sites for hydroxylation is 1. The molecule has 3 nitrogen and oxygen atoms in total. The van der Waals surface area contributed by atoms with Gasteiger partial charge in [-0.25, -0.2) is 0 Å². The first-order valence-electron chi connectivity index (χ1n) is 8.83. The topological polar surface area (TPSA) is 44.5 Å². The molecule has 1 fully saturated rings. The number of hydrogen-bond donors (Lipinski definition) is 1. The van der Waals surface area contributed by atoms with Gasteiger partial charge in [-0.3, -0.25) is 0 Å². The SMILES string of the molecule is CSC.Cc1cc(-c2ccc(N)cc2)ccc1B1OC(C)(C)C(C)(C)O1. The molecule has 2 aromatic carbocycles. The summed E-state index contributed by atoms with van der Waals surface area (Å²) in [6.45, 7) is 10.4. The van der Waals surface area contributed by atoms with Gasteiger partial charge in [-0.15, -0.1) is 0 Å². The molecule has 1 heterocycles. The molecule has 0 saturated carbocycles. The third kappa shape index (κ3) is 4.45.